The highest BCUT2D eigenvalue weighted by Gasteiger charge is 2.27. The molecule has 152 valence electrons. The van der Waals surface area contributed by atoms with Gasteiger partial charge in [0.2, 0.25) is 5.91 Å². The number of nitrogens with one attached hydrogen (secondary N) is 1. The van der Waals surface area contributed by atoms with Crippen LogP contribution in [0.5, 0.6) is 0 Å². The molecule has 1 fully saturated rings. The molecule has 1 aliphatic carbocycles. The van der Waals surface area contributed by atoms with Crippen LogP contribution in [0, 0.1) is 5.92 Å². The molecule has 1 saturated carbocycles. The Hall–Kier alpha value is -1.98. The van der Waals surface area contributed by atoms with Crippen LogP contribution in [0.3, 0.4) is 0 Å². The highest BCUT2D eigenvalue weighted by molar-refractivity contribution is 8.00. The summed E-state index contributed by atoms with van der Waals surface area (Å²) in [6.45, 7) is 2.68. The summed E-state index contributed by atoms with van der Waals surface area (Å²) < 4.78 is 0. The summed E-state index contributed by atoms with van der Waals surface area (Å²) in [4.78, 5) is 28.3. The topological polar surface area (TPSA) is 49.4 Å². The molecule has 1 aliphatic heterocycles. The average molecular weight is 429 g/mol. The molecular formula is C23H25ClN2O2S. The lowest BCUT2D eigenvalue weighted by atomic mass is 9.86. The van der Waals surface area contributed by atoms with Gasteiger partial charge in [-0.15, -0.1) is 11.8 Å². The van der Waals surface area contributed by atoms with E-state index in [1.54, 1.807) is 4.90 Å². The van der Waals surface area contributed by atoms with E-state index in [4.69, 9.17) is 11.6 Å². The van der Waals surface area contributed by atoms with Crippen LogP contribution < -0.4 is 10.2 Å². The summed E-state index contributed by atoms with van der Waals surface area (Å²) in [6.07, 6.45) is 4.61. The van der Waals surface area contributed by atoms with Gasteiger partial charge in [0, 0.05) is 21.5 Å². The Morgan fingerprint density at radius 3 is 2.69 bits per heavy atom. The summed E-state index contributed by atoms with van der Waals surface area (Å²) >= 11 is 7.51. The lowest BCUT2D eigenvalue weighted by molar-refractivity contribution is -0.116. The number of carbonyl (C=O) groups excluding carboxylic acids is 2. The largest absolute Gasteiger partial charge is 0.349 e. The number of fused-ring (bicyclic) bond motifs is 1. The molecule has 0 spiro atoms. The fourth-order valence-electron chi connectivity index (χ4n) is 4.07. The summed E-state index contributed by atoms with van der Waals surface area (Å²) in [5.74, 6) is 0.909. The molecule has 0 radical (unpaired) electrons. The zero-order valence-electron chi connectivity index (χ0n) is 16.5. The minimum atomic E-state index is -0.0546. The Labute approximate surface area is 181 Å². The van der Waals surface area contributed by atoms with E-state index in [2.05, 4.69) is 12.2 Å². The van der Waals surface area contributed by atoms with Gasteiger partial charge in [-0.3, -0.25) is 9.59 Å². The zero-order chi connectivity index (χ0) is 20.4. The van der Waals surface area contributed by atoms with Gasteiger partial charge in [0.15, 0.2) is 0 Å². The summed E-state index contributed by atoms with van der Waals surface area (Å²) in [7, 11) is 0. The highest BCUT2D eigenvalue weighted by atomic mass is 35.5. The van der Waals surface area contributed by atoms with Crippen LogP contribution in [0.1, 0.15) is 48.5 Å². The second-order valence-corrected chi connectivity index (χ2v) is 9.37. The first-order valence-corrected chi connectivity index (χ1v) is 11.5. The molecular weight excluding hydrogens is 404 g/mol. The molecule has 2 amide bonds. The fourth-order valence-corrected chi connectivity index (χ4v) is 5.11. The minimum Gasteiger partial charge on any atom is -0.349 e. The molecule has 1 heterocycles. The number of halogens is 1. The highest BCUT2D eigenvalue weighted by Crippen LogP contribution is 2.37. The number of hydrogen-bond donors (Lipinski definition) is 1. The van der Waals surface area contributed by atoms with Crippen LogP contribution in [-0.2, 0) is 11.3 Å². The van der Waals surface area contributed by atoms with E-state index in [9.17, 15) is 9.59 Å². The maximum Gasteiger partial charge on any atom is 0.251 e. The van der Waals surface area contributed by atoms with Gasteiger partial charge in [-0.2, -0.15) is 0 Å². The van der Waals surface area contributed by atoms with Crippen molar-refractivity contribution in [2.24, 2.45) is 5.92 Å². The van der Waals surface area contributed by atoms with E-state index in [0.29, 0.717) is 28.8 Å². The van der Waals surface area contributed by atoms with Gasteiger partial charge in [-0.25, -0.2) is 0 Å². The predicted octanol–water partition coefficient (Wildman–Crippen LogP) is 5.29. The average Bonchev–Trinajstić information content (AvgIpc) is 2.73. The zero-order valence-corrected chi connectivity index (χ0v) is 18.1. The predicted molar refractivity (Wildman–Crippen MR) is 119 cm³/mol. The van der Waals surface area contributed by atoms with E-state index in [1.807, 2.05) is 42.5 Å². The van der Waals surface area contributed by atoms with Gasteiger partial charge in [-0.1, -0.05) is 43.5 Å². The monoisotopic (exact) mass is 428 g/mol. The second kappa shape index (κ2) is 8.80. The third kappa shape index (κ3) is 4.62. The molecule has 0 saturated heterocycles. The van der Waals surface area contributed by atoms with Crippen molar-refractivity contribution in [2.45, 2.75) is 50.1 Å². The molecule has 4 rings (SSSR count). The Morgan fingerprint density at radius 1 is 1.17 bits per heavy atom. The minimum absolute atomic E-state index is 0.0518. The van der Waals surface area contributed by atoms with Crippen LogP contribution in [0.15, 0.2) is 47.4 Å². The van der Waals surface area contributed by atoms with Crippen molar-refractivity contribution in [1.82, 2.24) is 5.32 Å². The molecule has 0 unspecified atom stereocenters. The van der Waals surface area contributed by atoms with E-state index < -0.39 is 0 Å². The molecule has 6 heteroatoms. The van der Waals surface area contributed by atoms with Crippen LogP contribution in [0.2, 0.25) is 5.02 Å². The Kier molecular flexibility index (Phi) is 6.16. The number of carbonyl (C=O) groups is 2. The number of thioether (sulfide) groups is 1. The third-order valence-corrected chi connectivity index (χ3v) is 7.15. The summed E-state index contributed by atoms with van der Waals surface area (Å²) in [5.41, 5.74) is 2.43. The Bertz CT molecular complexity index is 916. The van der Waals surface area contributed by atoms with Crippen LogP contribution >= 0.6 is 23.4 Å². The van der Waals surface area contributed by atoms with Crippen molar-refractivity contribution in [3.63, 3.8) is 0 Å². The lowest BCUT2D eigenvalue weighted by Gasteiger charge is -2.31. The van der Waals surface area contributed by atoms with Crippen LogP contribution in [0.25, 0.3) is 0 Å². The van der Waals surface area contributed by atoms with E-state index in [-0.39, 0.29) is 17.9 Å². The van der Waals surface area contributed by atoms with Crippen molar-refractivity contribution >= 4 is 40.9 Å². The Morgan fingerprint density at radius 2 is 1.93 bits per heavy atom. The summed E-state index contributed by atoms with van der Waals surface area (Å²) in [6, 6.07) is 13.4. The van der Waals surface area contributed by atoms with Crippen molar-refractivity contribution in [1.29, 1.82) is 0 Å². The van der Waals surface area contributed by atoms with Crippen molar-refractivity contribution in [2.75, 3.05) is 10.7 Å². The van der Waals surface area contributed by atoms with Gasteiger partial charge in [0.25, 0.3) is 5.91 Å². The van der Waals surface area contributed by atoms with E-state index >= 15 is 0 Å². The molecule has 0 aromatic heterocycles. The maximum absolute atomic E-state index is 12.9. The fraction of sp³-hybridized carbons (Fsp3) is 0.391. The third-order valence-electron chi connectivity index (χ3n) is 5.85. The van der Waals surface area contributed by atoms with E-state index in [0.717, 1.165) is 29.0 Å². The Balaban J connectivity index is 1.56. The van der Waals surface area contributed by atoms with Crippen molar-refractivity contribution in [3.8, 4) is 0 Å². The van der Waals surface area contributed by atoms with Gasteiger partial charge in [0.05, 0.1) is 18.0 Å². The van der Waals surface area contributed by atoms with Gasteiger partial charge >= 0.3 is 0 Å². The molecule has 2 atom stereocenters. The van der Waals surface area contributed by atoms with Gasteiger partial charge in [0.1, 0.15) is 0 Å². The molecule has 1 N–H and O–H groups in total. The van der Waals surface area contributed by atoms with Crippen LogP contribution in [-0.4, -0.2) is 23.6 Å². The SMILES string of the molecule is C[C@H]1CCCC[C@@H]1NC(=O)c1ccc2c(c1)N(Cc1ccc(Cl)cc1)C(=O)CS2. The first-order chi connectivity index (χ1) is 14.0. The number of nitrogens with zero attached hydrogens (tertiary/aromatic N) is 1. The first-order valence-electron chi connectivity index (χ1n) is 10.1. The second-order valence-electron chi connectivity index (χ2n) is 7.92. The van der Waals surface area contributed by atoms with Crippen molar-refractivity contribution in [3.05, 3.63) is 58.6 Å². The molecule has 2 aromatic rings. The number of amides is 2. The lowest BCUT2D eigenvalue weighted by Crippen LogP contribution is -2.41. The quantitative estimate of drug-likeness (QED) is 0.719. The standard InChI is InChI=1S/C23H25ClN2O2S/c1-15-4-2-3-5-19(15)25-23(28)17-8-11-21-20(12-17)26(22(27)14-29-21)13-16-6-9-18(24)10-7-16/h6-12,15,19H,2-5,13-14H2,1H3,(H,25,28)/t15-,19-/m0/s1. The first kappa shape index (κ1) is 20.3. The number of anilines is 1. The van der Waals surface area contributed by atoms with Crippen LogP contribution in [0.4, 0.5) is 5.69 Å². The molecule has 2 aromatic carbocycles. The number of hydrogen-bond acceptors (Lipinski definition) is 3. The smallest absolute Gasteiger partial charge is 0.251 e. The van der Waals surface area contributed by atoms with Crippen molar-refractivity contribution < 1.29 is 9.59 Å². The molecule has 2 aliphatic rings. The molecule has 0 bridgehead atoms. The molecule has 4 nitrogen and oxygen atoms in total. The summed E-state index contributed by atoms with van der Waals surface area (Å²) in [5, 5.41) is 3.88. The van der Waals surface area contributed by atoms with Gasteiger partial charge < -0.3 is 10.2 Å². The maximum atomic E-state index is 12.9. The number of rotatable bonds is 4. The number of benzene rings is 2. The van der Waals surface area contributed by atoms with Gasteiger partial charge in [-0.05, 0) is 54.7 Å². The normalized spacial score (nSPS) is 21.6. The van der Waals surface area contributed by atoms with E-state index in [1.165, 1.54) is 24.6 Å². The molecule has 29 heavy (non-hydrogen) atoms.